The molecule has 13 aromatic carbocycles. The molecule has 22 nitrogen and oxygen atoms in total. The van der Waals surface area contributed by atoms with Crippen LogP contribution in [0.1, 0.15) is 26.8 Å². The van der Waals surface area contributed by atoms with Crippen LogP contribution in [0.4, 0.5) is 0 Å². The molecular formula is C110H79BBr5Cl3N20O2P. The maximum atomic E-state index is 10.8. The van der Waals surface area contributed by atoms with Gasteiger partial charge in [0.25, 0.3) is 0 Å². The minimum Gasteiger partial charge on any atom is -0.273 e. The van der Waals surface area contributed by atoms with Crippen LogP contribution in [-0.2, 0) is 9.36 Å². The van der Waals surface area contributed by atoms with E-state index in [1.807, 2.05) is 185 Å². The molecule has 13 heterocycles. The first-order valence-electron chi connectivity index (χ1n) is 43.7. The van der Waals surface area contributed by atoms with E-state index in [1.54, 1.807) is 0 Å². The molecule has 26 rings (SSSR count). The van der Waals surface area contributed by atoms with Crippen molar-refractivity contribution in [1.29, 1.82) is 0 Å². The number of benzene rings is 13. The van der Waals surface area contributed by atoms with Gasteiger partial charge in [0, 0.05) is 105 Å². The van der Waals surface area contributed by atoms with Crippen LogP contribution < -0.4 is 5.43 Å². The lowest BCUT2D eigenvalue weighted by Gasteiger charge is -2.09. The van der Waals surface area contributed by atoms with Crippen molar-refractivity contribution < 1.29 is 9.36 Å². The van der Waals surface area contributed by atoms with Crippen LogP contribution >= 0.6 is 115 Å². The molecule has 1 aliphatic heterocycles. The molecule has 0 unspecified atom stereocenters. The molecule has 3 radical (unpaired) electrons. The van der Waals surface area contributed by atoms with Crippen LogP contribution in [0.5, 0.6) is 0 Å². The lowest BCUT2D eigenvalue weighted by molar-refractivity contribution is -0.119. The van der Waals surface area contributed by atoms with Gasteiger partial charge in [-0.1, -0.05) is 409 Å². The molecule has 0 bridgehead atoms. The largest absolute Gasteiger partial charge is 0.339 e. The fraction of sp³-hybridized carbons (Fsp3) is 0.0273. The molecule has 1 amide bonds. The third-order valence-corrected chi connectivity index (χ3v) is 25.5. The zero-order valence-electron chi connectivity index (χ0n) is 73.3. The molecule has 32 heteroatoms. The Morgan fingerprint density at radius 3 is 0.627 bits per heavy atom. The molecule has 142 heavy (non-hydrogen) atoms. The van der Waals surface area contributed by atoms with Crippen molar-refractivity contribution in [3.63, 3.8) is 0 Å². The molecule has 0 aliphatic carbocycles. The minimum atomic E-state index is -3.22. The first-order valence-corrected chi connectivity index (χ1v) is 54.2. The fourth-order valence-electron chi connectivity index (χ4n) is 17.2. The number of aromatic nitrogens is 18. The number of halogens is 8. The predicted octanol–water partition coefficient (Wildman–Crippen LogP) is 30.5. The lowest BCUT2D eigenvalue weighted by Crippen LogP contribution is -2.09. The Bertz CT molecular complexity index is 7970. The monoisotopic (exact) mass is 2250 g/mol. The van der Waals surface area contributed by atoms with E-state index in [9.17, 15) is 9.36 Å². The number of carbonyl (C=O) groups is 1. The zero-order chi connectivity index (χ0) is 94.8. The smallest absolute Gasteiger partial charge is 0.273 e. The number of hydrogen-bond donors (Lipinski definition) is 1. The summed E-state index contributed by atoms with van der Waals surface area (Å²) in [6.07, 6.45) is 0.393. The molecular weight excluding hydrogens is 2180 g/mol. The number of rotatable bonds is 13. The van der Waals surface area contributed by atoms with Gasteiger partial charge < -0.3 is 0 Å². The van der Waals surface area contributed by atoms with Crippen LogP contribution in [0, 0.1) is 0 Å². The molecule has 0 fully saturated rings. The number of nitrogens with zero attached hydrogens (tertiary/aromatic N) is 19. The van der Waals surface area contributed by atoms with Crippen molar-refractivity contribution in [2.75, 3.05) is 0 Å². The van der Waals surface area contributed by atoms with Crippen LogP contribution in [0.2, 0.25) is 0 Å². The van der Waals surface area contributed by atoms with Gasteiger partial charge in [0.2, 0.25) is 5.91 Å². The average molecular weight is 2260 g/mol. The number of hydrogen-bond acceptors (Lipinski definition) is 12. The maximum absolute atomic E-state index is 10.8. The minimum absolute atomic E-state index is 0. The van der Waals surface area contributed by atoms with E-state index in [0.717, 1.165) is 210 Å². The van der Waals surface area contributed by atoms with Crippen LogP contribution in [0.25, 0.3) is 186 Å². The van der Waals surface area contributed by atoms with Gasteiger partial charge in [0.1, 0.15) is 34.2 Å². The first-order chi connectivity index (χ1) is 68.2. The van der Waals surface area contributed by atoms with Gasteiger partial charge in [-0.25, -0.2) is 5.43 Å². The zero-order valence-corrected chi connectivity index (χ0v) is 84.4. The number of hydrazone groups is 1. The molecule has 25 aromatic rings. The van der Waals surface area contributed by atoms with E-state index in [1.165, 1.54) is 0 Å². The number of amides is 1. The molecule has 1 N–H and O–H groups in total. The summed E-state index contributed by atoms with van der Waals surface area (Å²) in [7, 11) is 0. The van der Waals surface area contributed by atoms with E-state index >= 15 is 0 Å². The van der Waals surface area contributed by atoms with Gasteiger partial charge in [-0.05, 0) is 104 Å². The Balaban J connectivity index is 0.000000130. The van der Waals surface area contributed by atoms with Crippen LogP contribution in [0.15, 0.2) is 431 Å². The van der Waals surface area contributed by atoms with Gasteiger partial charge in [0.05, 0.1) is 59.3 Å². The van der Waals surface area contributed by atoms with E-state index in [2.05, 4.69) is 389 Å². The summed E-state index contributed by atoms with van der Waals surface area (Å²) in [6, 6.07) is 140. The molecule has 695 valence electrons. The number of carbonyl (C=O) groups excluding carboxylic acids is 1. The SMILES string of the molecule is BrBr.Brc1c(-c2ccccc2)nn2c1n1nc(-c3ccccc3)c(Br)c1n1nc(-c3ccccc3)c(Br)c21.C.C.O=C1CC(c2ccccc2)=NN1.O=P(Cl)(Cl)Cl.[B].c1ccc(-c2cc3n(n2)c2cc(-c4ccccc4)nn2c2cc(-c4ccccc4)nn32)cc1.c1ccc(-c2nn3c(c2-c2ccccc2)n2nc(-c4ccccc4)c(-c4ccccc4)c2n2nc(-c4ccccc4)c(-c4ccccc4)c32)cc1. The summed E-state index contributed by atoms with van der Waals surface area (Å²) < 4.78 is 29.7. The van der Waals surface area contributed by atoms with Gasteiger partial charge in [-0.15, -0.1) is 0 Å². The Hall–Kier alpha value is -14.5. The quantitative estimate of drug-likeness (QED) is 0.0846. The summed E-state index contributed by atoms with van der Waals surface area (Å²) in [4.78, 5) is 10.8. The highest BCUT2D eigenvalue weighted by Gasteiger charge is 2.33. The number of fused-ring (bicyclic) bond motifs is 18. The lowest BCUT2D eigenvalue weighted by atomic mass is 10.00. The highest BCUT2D eigenvalue weighted by atomic mass is 80.9. The summed E-state index contributed by atoms with van der Waals surface area (Å²) >= 11 is 30.9. The summed E-state index contributed by atoms with van der Waals surface area (Å²) in [5, 5.41) is 47.2. The highest BCUT2D eigenvalue weighted by Crippen LogP contribution is 2.61. The fourth-order valence-corrected chi connectivity index (χ4v) is 19.2. The normalized spacial score (nSPS) is 11.6. The third kappa shape index (κ3) is 19.2. The topological polar surface area (TPSA) is 214 Å². The molecule has 0 atom stereocenters. The third-order valence-electron chi connectivity index (χ3n) is 23.4. The maximum Gasteiger partial charge on any atom is 0.339 e. The standard InChI is InChI=1S/C45H30N6.C27H15Br3N6.C27H18N6.C9H8N2O.2CH4.B.Br2.Cl3OP/c1-7-19-31(20-8-1)37-40(34-25-13-4-14-26-34)46-49-43(37)50-45(38(32-21-9-2-10-22-32)41(47-50)35-27-15-5-16-28-35)51-44(49)39(33-23-11-3-12-24-33)42(48-51)36-29-17-6-18-30-36;28-19-22(16-10-4-1-5-11-16)31-34-25(19)35-27(21(30)24(32-35)18-14-8-3-9-15-18)36-26(34)20(29)23(33-36)17-12-6-2-7-13-17;1-4-10-19(11-5-1)22-16-25-31(28-22)26-17-23(20-12-6-2-7-13-20)30-33(26)27-18-24(29-32(25)27)21-14-8-3-9-15-21;12-9-6-8(10-11-9)7-4-2-1-3-5-7;;;;1-2;1-5(2,3)4/h1-30H;1-15H;1-18H;1-5H,6H2,(H,11,12);2*1H4;;;. The predicted molar refractivity (Wildman–Crippen MR) is 594 cm³/mol. The van der Waals surface area contributed by atoms with Crippen molar-refractivity contribution in [3.05, 3.63) is 431 Å². The van der Waals surface area contributed by atoms with E-state index in [4.69, 9.17) is 45.9 Å². The van der Waals surface area contributed by atoms with Gasteiger partial charge in [-0.2, -0.15) is 91.6 Å². The second-order valence-electron chi connectivity index (χ2n) is 31.9. The second kappa shape index (κ2) is 42.9. The first kappa shape index (κ1) is 97.7. The summed E-state index contributed by atoms with van der Waals surface area (Å²) in [5.74, 6) is -0.0335. The summed E-state index contributed by atoms with van der Waals surface area (Å²) in [5.41, 5.74) is 35.1. The average Bonchev–Trinajstić information content (AvgIpc) is 1.52. The number of nitrogens with one attached hydrogen (secondary N) is 1. The van der Waals surface area contributed by atoms with E-state index in [-0.39, 0.29) is 29.2 Å². The van der Waals surface area contributed by atoms with E-state index in [0.29, 0.717) is 6.42 Å². The Kier molecular flexibility index (Phi) is 29.5. The highest BCUT2D eigenvalue weighted by molar-refractivity contribution is 9.93. The van der Waals surface area contributed by atoms with Crippen molar-refractivity contribution in [2.24, 2.45) is 5.10 Å². The van der Waals surface area contributed by atoms with Crippen molar-refractivity contribution in [3.8, 4) is 135 Å². The van der Waals surface area contributed by atoms with Crippen LogP contribution in [-0.4, -0.2) is 107 Å². The second-order valence-corrected chi connectivity index (χ2v) is 40.9. The Morgan fingerprint density at radius 1 is 0.246 bits per heavy atom. The van der Waals surface area contributed by atoms with Gasteiger partial charge >= 0.3 is 5.20 Å². The van der Waals surface area contributed by atoms with Crippen molar-refractivity contribution >= 4 is 186 Å². The van der Waals surface area contributed by atoms with Crippen molar-refractivity contribution in [1.82, 2.24) is 92.0 Å². The van der Waals surface area contributed by atoms with Crippen LogP contribution in [0.3, 0.4) is 0 Å². The van der Waals surface area contributed by atoms with Crippen molar-refractivity contribution in [2.45, 2.75) is 21.3 Å². The van der Waals surface area contributed by atoms with Gasteiger partial charge in [0.15, 0.2) is 50.8 Å². The Labute approximate surface area is 871 Å². The molecule has 0 spiro atoms. The molecule has 0 saturated heterocycles. The van der Waals surface area contributed by atoms with E-state index < -0.39 is 5.20 Å². The molecule has 12 aromatic heterocycles. The summed E-state index contributed by atoms with van der Waals surface area (Å²) in [6.45, 7) is 0. The molecule has 0 saturated carbocycles. The Morgan fingerprint density at radius 2 is 0.423 bits per heavy atom. The van der Waals surface area contributed by atoms with Gasteiger partial charge in [-0.3, -0.25) is 9.36 Å². The molecule has 1 aliphatic rings.